The van der Waals surface area contributed by atoms with Crippen LogP contribution in [0.5, 0.6) is 0 Å². The van der Waals surface area contributed by atoms with Gasteiger partial charge >= 0.3 is 5.97 Å². The number of pyridine rings is 1. The van der Waals surface area contributed by atoms with Crippen LogP contribution in [0, 0.1) is 11.3 Å². The van der Waals surface area contributed by atoms with Crippen molar-refractivity contribution < 1.29 is 18.3 Å². The molecule has 17 heavy (non-hydrogen) atoms. The molecule has 1 aromatic rings. The molecule has 1 aromatic heterocycles. The minimum Gasteiger partial charge on any atom is -0.466 e. The summed E-state index contributed by atoms with van der Waals surface area (Å²) in [4.78, 5) is 14.8. The van der Waals surface area contributed by atoms with Crippen molar-refractivity contribution in [2.24, 2.45) is 0 Å². The molecule has 0 atom stereocenters. The lowest BCUT2D eigenvalue weighted by atomic mass is 10.1. The molecule has 1 heterocycles. The number of nitriles is 1. The molecule has 0 saturated heterocycles. The number of halogens is 2. The van der Waals surface area contributed by atoms with Crippen LogP contribution in [-0.4, -0.2) is 17.6 Å². The van der Waals surface area contributed by atoms with Gasteiger partial charge in [0.1, 0.15) is 11.8 Å². The van der Waals surface area contributed by atoms with E-state index >= 15 is 0 Å². The zero-order valence-electron chi connectivity index (χ0n) is 9.11. The highest BCUT2D eigenvalue weighted by Gasteiger charge is 2.14. The van der Waals surface area contributed by atoms with E-state index in [0.29, 0.717) is 0 Å². The molecule has 90 valence electrons. The zero-order chi connectivity index (χ0) is 12.8. The summed E-state index contributed by atoms with van der Waals surface area (Å²) < 4.78 is 29.5. The molecule has 0 fully saturated rings. The average Bonchev–Trinajstić information content (AvgIpc) is 2.29. The summed E-state index contributed by atoms with van der Waals surface area (Å²) in [6, 6.07) is 2.85. The van der Waals surface area contributed by atoms with E-state index in [4.69, 9.17) is 5.26 Å². The van der Waals surface area contributed by atoms with Gasteiger partial charge in [-0.05, 0) is 13.0 Å². The highest BCUT2D eigenvalue weighted by Crippen LogP contribution is 2.20. The van der Waals surface area contributed by atoms with Gasteiger partial charge in [-0.2, -0.15) is 5.26 Å². The van der Waals surface area contributed by atoms with Gasteiger partial charge in [0.05, 0.1) is 13.0 Å². The largest absolute Gasteiger partial charge is 0.466 e. The third-order valence-corrected chi connectivity index (χ3v) is 1.99. The van der Waals surface area contributed by atoms with Crippen LogP contribution in [0.4, 0.5) is 8.78 Å². The lowest BCUT2D eigenvalue weighted by Crippen LogP contribution is -2.10. The normalized spacial score (nSPS) is 10.1. The number of rotatable bonds is 4. The Hall–Kier alpha value is -2.03. The monoisotopic (exact) mass is 240 g/mol. The van der Waals surface area contributed by atoms with Crippen molar-refractivity contribution in [2.75, 3.05) is 6.61 Å². The van der Waals surface area contributed by atoms with Gasteiger partial charge < -0.3 is 4.74 Å². The summed E-state index contributed by atoms with van der Waals surface area (Å²) in [5, 5.41) is 8.74. The fraction of sp³-hybridized carbons (Fsp3) is 0.364. The summed E-state index contributed by atoms with van der Waals surface area (Å²) in [6.07, 6.45) is -1.99. The molecule has 0 spiro atoms. The molecular formula is C11H10F2N2O2. The molecule has 0 radical (unpaired) electrons. The van der Waals surface area contributed by atoms with Gasteiger partial charge in [-0.1, -0.05) is 0 Å². The Bertz CT molecular complexity index is 455. The van der Waals surface area contributed by atoms with Crippen molar-refractivity contribution in [3.63, 3.8) is 0 Å². The first-order valence-corrected chi connectivity index (χ1v) is 4.91. The Morgan fingerprint density at radius 3 is 2.88 bits per heavy atom. The average molecular weight is 240 g/mol. The summed E-state index contributed by atoms with van der Waals surface area (Å²) in [5.74, 6) is -0.572. The second-order valence-corrected chi connectivity index (χ2v) is 3.17. The molecule has 0 aromatic carbocycles. The van der Waals surface area contributed by atoms with Gasteiger partial charge in [0.25, 0.3) is 6.43 Å². The number of carbonyl (C=O) groups is 1. The molecule has 0 N–H and O–H groups in total. The number of nitrogens with zero attached hydrogens (tertiary/aromatic N) is 2. The third-order valence-electron chi connectivity index (χ3n) is 1.99. The molecule has 0 aliphatic carbocycles. The predicted molar refractivity (Wildman–Crippen MR) is 54.2 cm³/mol. The standard InChI is InChI=1S/C11H10F2N2O2/c1-2-17-10(16)4-7-3-8(11(12)13)6-15-9(7)5-14/h3,6,11H,2,4H2,1H3. The SMILES string of the molecule is CCOC(=O)Cc1cc(C(F)F)cnc1C#N. The summed E-state index contributed by atoms with van der Waals surface area (Å²) in [6.45, 7) is 1.83. The van der Waals surface area contributed by atoms with E-state index in [1.54, 1.807) is 13.0 Å². The van der Waals surface area contributed by atoms with Gasteiger partial charge in [-0.15, -0.1) is 0 Å². The minimum atomic E-state index is -2.68. The first-order chi connectivity index (χ1) is 8.08. The Morgan fingerprint density at radius 1 is 1.65 bits per heavy atom. The Balaban J connectivity index is 2.99. The number of esters is 1. The molecule has 0 aliphatic heterocycles. The highest BCUT2D eigenvalue weighted by atomic mass is 19.3. The van der Waals surface area contributed by atoms with Crippen LogP contribution in [0.15, 0.2) is 12.3 Å². The van der Waals surface area contributed by atoms with Crippen molar-refractivity contribution in [1.82, 2.24) is 4.98 Å². The van der Waals surface area contributed by atoms with E-state index in [1.165, 1.54) is 0 Å². The summed E-state index contributed by atoms with van der Waals surface area (Å²) >= 11 is 0. The van der Waals surface area contributed by atoms with Crippen molar-refractivity contribution in [1.29, 1.82) is 5.26 Å². The van der Waals surface area contributed by atoms with Crippen molar-refractivity contribution in [3.05, 3.63) is 29.1 Å². The number of hydrogen-bond donors (Lipinski definition) is 0. The fourth-order valence-corrected chi connectivity index (χ4v) is 1.25. The Morgan fingerprint density at radius 2 is 2.35 bits per heavy atom. The molecule has 0 saturated carbocycles. The molecule has 6 heteroatoms. The topological polar surface area (TPSA) is 63.0 Å². The maximum Gasteiger partial charge on any atom is 0.310 e. The van der Waals surface area contributed by atoms with Crippen LogP contribution in [-0.2, 0) is 16.0 Å². The van der Waals surface area contributed by atoms with E-state index in [-0.39, 0.29) is 29.8 Å². The number of ether oxygens (including phenoxy) is 1. The van der Waals surface area contributed by atoms with Gasteiger partial charge in [-0.25, -0.2) is 13.8 Å². The first-order valence-electron chi connectivity index (χ1n) is 4.91. The van der Waals surface area contributed by atoms with Gasteiger partial charge in [0.2, 0.25) is 0 Å². The maximum atomic E-state index is 12.4. The molecular weight excluding hydrogens is 230 g/mol. The molecule has 4 nitrogen and oxygen atoms in total. The fourth-order valence-electron chi connectivity index (χ4n) is 1.25. The van der Waals surface area contributed by atoms with E-state index in [1.807, 2.05) is 0 Å². The van der Waals surface area contributed by atoms with Crippen LogP contribution in [0.1, 0.15) is 30.2 Å². The maximum absolute atomic E-state index is 12.4. The zero-order valence-corrected chi connectivity index (χ0v) is 9.11. The van der Waals surface area contributed by atoms with Crippen molar-refractivity contribution in [3.8, 4) is 6.07 Å². The van der Waals surface area contributed by atoms with Gasteiger partial charge in [-0.3, -0.25) is 4.79 Å². The van der Waals surface area contributed by atoms with Gasteiger partial charge in [0, 0.05) is 17.3 Å². The predicted octanol–water partition coefficient (Wildman–Crippen LogP) is 2.00. The van der Waals surface area contributed by atoms with Crippen LogP contribution in [0.3, 0.4) is 0 Å². The highest BCUT2D eigenvalue weighted by molar-refractivity contribution is 5.73. The minimum absolute atomic E-state index is 0.0394. The molecule has 0 aliphatic rings. The smallest absolute Gasteiger partial charge is 0.310 e. The second kappa shape index (κ2) is 5.89. The first kappa shape index (κ1) is 13.0. The molecule has 0 bridgehead atoms. The number of hydrogen-bond acceptors (Lipinski definition) is 4. The van der Waals surface area contributed by atoms with E-state index in [9.17, 15) is 13.6 Å². The summed E-state index contributed by atoms with van der Waals surface area (Å²) in [5.41, 5.74) is -0.200. The molecule has 1 rings (SSSR count). The lowest BCUT2D eigenvalue weighted by molar-refractivity contribution is -0.142. The lowest BCUT2D eigenvalue weighted by Gasteiger charge is -2.06. The Labute approximate surface area is 96.8 Å². The summed E-state index contributed by atoms with van der Waals surface area (Å²) in [7, 11) is 0. The Kier molecular flexibility index (Phi) is 4.52. The quantitative estimate of drug-likeness (QED) is 0.755. The van der Waals surface area contributed by atoms with Crippen LogP contribution in [0.2, 0.25) is 0 Å². The number of alkyl halides is 2. The molecule has 0 unspecified atom stereocenters. The van der Waals surface area contributed by atoms with E-state index in [0.717, 1.165) is 12.3 Å². The van der Waals surface area contributed by atoms with Gasteiger partial charge in [0.15, 0.2) is 0 Å². The van der Waals surface area contributed by atoms with E-state index in [2.05, 4.69) is 9.72 Å². The molecule has 0 amide bonds. The van der Waals surface area contributed by atoms with Crippen LogP contribution < -0.4 is 0 Å². The van der Waals surface area contributed by atoms with Crippen molar-refractivity contribution in [2.45, 2.75) is 19.8 Å². The number of aromatic nitrogens is 1. The number of carbonyl (C=O) groups excluding carboxylic acids is 1. The van der Waals surface area contributed by atoms with Crippen LogP contribution >= 0.6 is 0 Å². The van der Waals surface area contributed by atoms with Crippen LogP contribution in [0.25, 0.3) is 0 Å². The second-order valence-electron chi connectivity index (χ2n) is 3.17. The van der Waals surface area contributed by atoms with Crippen molar-refractivity contribution >= 4 is 5.97 Å². The third kappa shape index (κ3) is 3.48. The van der Waals surface area contributed by atoms with E-state index < -0.39 is 12.4 Å².